The summed E-state index contributed by atoms with van der Waals surface area (Å²) in [4.78, 5) is 16.6. The smallest absolute Gasteiger partial charge is 0.407 e. The van der Waals surface area contributed by atoms with Crippen LogP contribution in [-0.4, -0.2) is 32.7 Å². The van der Waals surface area contributed by atoms with Crippen molar-refractivity contribution in [3.8, 4) is 0 Å². The number of aromatic nitrogens is 1. The van der Waals surface area contributed by atoms with Gasteiger partial charge in [0.25, 0.3) is 0 Å². The molecule has 0 saturated carbocycles. The van der Waals surface area contributed by atoms with Gasteiger partial charge in [-0.25, -0.2) is 9.78 Å². The topological polar surface area (TPSA) is 73.7 Å². The van der Waals surface area contributed by atoms with Crippen molar-refractivity contribution in [2.24, 2.45) is 0 Å². The molecule has 2 N–H and O–H groups in total. The molecule has 1 amide bonds. The molecule has 70 valence electrons. The molecule has 0 saturated heterocycles. The van der Waals surface area contributed by atoms with Crippen LogP contribution in [0.5, 0.6) is 0 Å². The highest BCUT2D eigenvalue weighted by atomic mass is 32.1. The van der Waals surface area contributed by atoms with Crippen molar-refractivity contribution in [3.05, 3.63) is 16.1 Å². The van der Waals surface area contributed by atoms with Gasteiger partial charge in [0.05, 0.1) is 29.2 Å². The highest BCUT2D eigenvalue weighted by Gasteiger charge is 2.28. The van der Waals surface area contributed by atoms with Crippen LogP contribution >= 0.6 is 11.3 Å². The molecule has 5 nitrogen and oxygen atoms in total. The van der Waals surface area contributed by atoms with E-state index in [1.807, 2.05) is 0 Å². The van der Waals surface area contributed by atoms with Crippen LogP contribution in [0.1, 0.15) is 16.7 Å². The van der Waals surface area contributed by atoms with E-state index in [0.29, 0.717) is 5.69 Å². The number of thiazole rings is 1. The maximum atomic E-state index is 10.6. The summed E-state index contributed by atoms with van der Waals surface area (Å²) in [6, 6.07) is 0. The molecule has 0 radical (unpaired) electrons. The average Bonchev–Trinajstić information content (AvgIpc) is 2.51. The van der Waals surface area contributed by atoms with Gasteiger partial charge in [0.15, 0.2) is 0 Å². The Hall–Kier alpha value is -1.14. The van der Waals surface area contributed by atoms with Crippen molar-refractivity contribution in [1.29, 1.82) is 0 Å². The van der Waals surface area contributed by atoms with Gasteiger partial charge in [0.1, 0.15) is 6.10 Å². The van der Waals surface area contributed by atoms with Crippen LogP contribution in [0.4, 0.5) is 4.79 Å². The van der Waals surface area contributed by atoms with Crippen molar-refractivity contribution in [2.45, 2.75) is 12.6 Å². The lowest BCUT2D eigenvalue weighted by Gasteiger charge is -2.26. The first-order valence-electron chi connectivity index (χ1n) is 3.76. The molecule has 1 aliphatic heterocycles. The lowest BCUT2D eigenvalue weighted by molar-refractivity contribution is 0.0831. The van der Waals surface area contributed by atoms with Gasteiger partial charge in [-0.1, -0.05) is 0 Å². The summed E-state index contributed by atoms with van der Waals surface area (Å²) in [5, 5.41) is 18.2. The second kappa shape index (κ2) is 2.97. The van der Waals surface area contributed by atoms with E-state index in [4.69, 9.17) is 5.11 Å². The third-order valence-electron chi connectivity index (χ3n) is 1.98. The van der Waals surface area contributed by atoms with Crippen LogP contribution in [0.25, 0.3) is 0 Å². The molecule has 0 aliphatic carbocycles. The molecule has 6 heteroatoms. The third-order valence-corrected chi connectivity index (χ3v) is 2.95. The maximum absolute atomic E-state index is 10.6. The second-order valence-corrected chi connectivity index (χ2v) is 3.73. The van der Waals surface area contributed by atoms with Gasteiger partial charge in [-0.15, -0.1) is 11.3 Å². The van der Waals surface area contributed by atoms with Crippen LogP contribution in [0.3, 0.4) is 0 Å². The fourth-order valence-electron chi connectivity index (χ4n) is 1.35. The summed E-state index contributed by atoms with van der Waals surface area (Å²) in [5.41, 5.74) is 2.30. The molecular formula is C7H8N2O3S. The third kappa shape index (κ3) is 1.38. The van der Waals surface area contributed by atoms with E-state index in [-0.39, 0.29) is 13.1 Å². The normalized spacial score (nSPS) is 21.3. The molecule has 0 fully saturated rings. The Morgan fingerprint density at radius 2 is 2.54 bits per heavy atom. The summed E-state index contributed by atoms with van der Waals surface area (Å²) < 4.78 is 0. The fraction of sp³-hybridized carbons (Fsp3) is 0.429. The molecule has 1 unspecified atom stereocenters. The number of fused-ring (bicyclic) bond motifs is 1. The standard InChI is InChI=1S/C7H8N2O3S/c10-5-2-9(7(11)12)1-4-6(5)13-3-8-4/h3,5,10H,1-2H2,(H,11,12). The number of rotatable bonds is 0. The minimum atomic E-state index is -1.02. The number of aliphatic hydroxyl groups excluding tert-OH is 1. The van der Waals surface area contributed by atoms with Crippen LogP contribution in [0.2, 0.25) is 0 Å². The maximum Gasteiger partial charge on any atom is 0.407 e. The SMILES string of the molecule is O=C(O)N1Cc2ncsc2C(O)C1. The van der Waals surface area contributed by atoms with Crippen LogP contribution in [0, 0.1) is 0 Å². The summed E-state index contributed by atoms with van der Waals surface area (Å²) in [6.07, 6.45) is -1.73. The van der Waals surface area contributed by atoms with Gasteiger partial charge in [-0.05, 0) is 0 Å². The van der Waals surface area contributed by atoms with E-state index in [9.17, 15) is 9.90 Å². The molecule has 1 atom stereocenters. The molecule has 2 heterocycles. The van der Waals surface area contributed by atoms with Crippen molar-refractivity contribution >= 4 is 17.4 Å². The molecule has 13 heavy (non-hydrogen) atoms. The Labute approximate surface area is 78.3 Å². The zero-order valence-corrected chi connectivity index (χ0v) is 7.49. The first-order valence-corrected chi connectivity index (χ1v) is 4.64. The Kier molecular flexibility index (Phi) is 1.93. The van der Waals surface area contributed by atoms with E-state index in [0.717, 1.165) is 9.78 Å². The van der Waals surface area contributed by atoms with Gasteiger partial charge < -0.3 is 10.2 Å². The number of β-amino-alcohol motifs (C(OH)–C–C–N with tert-alkyl or cyclic N) is 1. The number of carbonyl (C=O) groups is 1. The van der Waals surface area contributed by atoms with Crippen LogP contribution < -0.4 is 0 Å². The van der Waals surface area contributed by atoms with Crippen LogP contribution in [0.15, 0.2) is 5.51 Å². The molecule has 2 rings (SSSR count). The van der Waals surface area contributed by atoms with E-state index < -0.39 is 12.2 Å². The largest absolute Gasteiger partial charge is 0.465 e. The molecule has 1 aromatic heterocycles. The quantitative estimate of drug-likeness (QED) is 0.645. The van der Waals surface area contributed by atoms with E-state index in [1.54, 1.807) is 5.51 Å². The van der Waals surface area contributed by atoms with Gasteiger partial charge in [0, 0.05) is 0 Å². The lowest BCUT2D eigenvalue weighted by atomic mass is 10.1. The Bertz CT molecular complexity index is 338. The summed E-state index contributed by atoms with van der Waals surface area (Å²) in [7, 11) is 0. The van der Waals surface area contributed by atoms with Gasteiger partial charge in [-0.3, -0.25) is 4.90 Å². The molecule has 1 aromatic rings. The van der Waals surface area contributed by atoms with Crippen molar-refractivity contribution in [2.75, 3.05) is 6.54 Å². The molecule has 1 aliphatic rings. The van der Waals surface area contributed by atoms with Gasteiger partial charge >= 0.3 is 6.09 Å². The average molecular weight is 200 g/mol. The van der Waals surface area contributed by atoms with E-state index in [1.165, 1.54) is 11.3 Å². The monoisotopic (exact) mass is 200 g/mol. The minimum absolute atomic E-state index is 0.143. The lowest BCUT2D eigenvalue weighted by Crippen LogP contribution is -2.36. The number of carboxylic acid groups (broad SMARTS) is 1. The minimum Gasteiger partial charge on any atom is -0.465 e. The first kappa shape index (κ1) is 8.46. The summed E-state index contributed by atoms with van der Waals surface area (Å²) >= 11 is 1.37. The summed E-state index contributed by atoms with van der Waals surface area (Å²) in [5.74, 6) is 0. The van der Waals surface area contributed by atoms with E-state index in [2.05, 4.69) is 4.98 Å². The van der Waals surface area contributed by atoms with E-state index >= 15 is 0 Å². The van der Waals surface area contributed by atoms with Gasteiger partial charge in [0.2, 0.25) is 0 Å². The van der Waals surface area contributed by atoms with Gasteiger partial charge in [-0.2, -0.15) is 0 Å². The Morgan fingerprint density at radius 3 is 3.23 bits per heavy atom. The number of aliphatic hydroxyl groups is 1. The Balaban J connectivity index is 2.28. The molecule has 0 bridgehead atoms. The van der Waals surface area contributed by atoms with Crippen LogP contribution in [-0.2, 0) is 6.54 Å². The predicted molar refractivity (Wildman–Crippen MR) is 45.5 cm³/mol. The first-order chi connectivity index (χ1) is 6.18. The molecule has 0 aromatic carbocycles. The second-order valence-electron chi connectivity index (χ2n) is 2.84. The zero-order valence-electron chi connectivity index (χ0n) is 6.67. The number of nitrogens with zero attached hydrogens (tertiary/aromatic N) is 2. The summed E-state index contributed by atoms with van der Waals surface area (Å²) in [6.45, 7) is 0.426. The number of hydrogen-bond donors (Lipinski definition) is 2. The van der Waals surface area contributed by atoms with Crippen molar-refractivity contribution < 1.29 is 15.0 Å². The highest BCUT2D eigenvalue weighted by Crippen LogP contribution is 2.28. The molecular weight excluding hydrogens is 192 g/mol. The predicted octanol–water partition coefficient (Wildman–Crippen LogP) is 0.670. The van der Waals surface area contributed by atoms with Crippen molar-refractivity contribution in [1.82, 2.24) is 9.88 Å². The van der Waals surface area contributed by atoms with Crippen molar-refractivity contribution in [3.63, 3.8) is 0 Å². The fourth-order valence-corrected chi connectivity index (χ4v) is 2.13. The molecule has 0 spiro atoms. The highest BCUT2D eigenvalue weighted by molar-refractivity contribution is 7.09. The number of hydrogen-bond acceptors (Lipinski definition) is 4. The zero-order chi connectivity index (χ0) is 9.42. The Morgan fingerprint density at radius 1 is 1.77 bits per heavy atom. The number of amides is 1.